The van der Waals surface area contributed by atoms with Gasteiger partial charge in [-0.25, -0.2) is 0 Å². The van der Waals surface area contributed by atoms with Crippen LogP contribution in [0.1, 0.15) is 38.3 Å². The van der Waals surface area contributed by atoms with Crippen LogP contribution in [-0.2, 0) is 0 Å². The molecule has 0 aliphatic rings. The highest BCUT2D eigenvalue weighted by molar-refractivity contribution is 5.71. The van der Waals surface area contributed by atoms with Crippen LogP contribution >= 0.6 is 0 Å². The molecule has 21 heavy (non-hydrogen) atoms. The Morgan fingerprint density at radius 2 is 1.86 bits per heavy atom. The molecular formula is C19H25NO. The molecule has 0 fully saturated rings. The average Bonchev–Trinajstić information content (AvgIpc) is 2.55. The lowest BCUT2D eigenvalue weighted by Gasteiger charge is -2.16. The molecule has 0 aliphatic carbocycles. The summed E-state index contributed by atoms with van der Waals surface area (Å²) in [5.41, 5.74) is 3.70. The van der Waals surface area contributed by atoms with Crippen molar-refractivity contribution in [2.75, 3.05) is 13.7 Å². The van der Waals surface area contributed by atoms with Gasteiger partial charge in [0.2, 0.25) is 0 Å². The van der Waals surface area contributed by atoms with Crippen molar-refractivity contribution < 1.29 is 4.74 Å². The minimum Gasteiger partial charge on any atom is -0.493 e. The molecule has 1 atom stereocenters. The number of para-hydroxylation sites is 1. The van der Waals surface area contributed by atoms with Crippen LogP contribution in [0, 0.1) is 0 Å². The van der Waals surface area contributed by atoms with Gasteiger partial charge in [-0.3, -0.25) is 0 Å². The summed E-state index contributed by atoms with van der Waals surface area (Å²) in [7, 11) is 2.01. The van der Waals surface area contributed by atoms with Gasteiger partial charge in [0, 0.05) is 11.6 Å². The van der Waals surface area contributed by atoms with E-state index in [0.29, 0.717) is 6.04 Å². The van der Waals surface area contributed by atoms with Crippen LogP contribution in [0.25, 0.3) is 11.1 Å². The van der Waals surface area contributed by atoms with E-state index >= 15 is 0 Å². The molecule has 2 aromatic carbocycles. The van der Waals surface area contributed by atoms with E-state index in [1.165, 1.54) is 16.7 Å². The summed E-state index contributed by atoms with van der Waals surface area (Å²) in [5, 5.41) is 3.36. The smallest absolute Gasteiger partial charge is 0.127 e. The van der Waals surface area contributed by atoms with Crippen LogP contribution in [0.5, 0.6) is 5.75 Å². The molecule has 2 aromatic rings. The zero-order chi connectivity index (χ0) is 15.1. The topological polar surface area (TPSA) is 21.3 Å². The highest BCUT2D eigenvalue weighted by Crippen LogP contribution is 2.31. The maximum atomic E-state index is 5.88. The number of ether oxygens (including phenoxy) is 1. The van der Waals surface area contributed by atoms with Crippen LogP contribution in [0.3, 0.4) is 0 Å². The Hall–Kier alpha value is -1.80. The van der Waals surface area contributed by atoms with Crippen molar-refractivity contribution in [3.63, 3.8) is 0 Å². The molecular weight excluding hydrogens is 258 g/mol. The van der Waals surface area contributed by atoms with Gasteiger partial charge in [0.15, 0.2) is 0 Å². The number of hydrogen-bond acceptors (Lipinski definition) is 2. The first-order valence-electron chi connectivity index (χ1n) is 7.79. The summed E-state index contributed by atoms with van der Waals surface area (Å²) in [5.74, 6) is 0.967. The van der Waals surface area contributed by atoms with Gasteiger partial charge < -0.3 is 10.1 Å². The van der Waals surface area contributed by atoms with E-state index in [9.17, 15) is 0 Å². The lowest BCUT2D eigenvalue weighted by molar-refractivity contribution is 0.318. The second-order valence-electron chi connectivity index (χ2n) is 5.22. The monoisotopic (exact) mass is 283 g/mol. The second kappa shape index (κ2) is 7.84. The first kappa shape index (κ1) is 15.6. The highest BCUT2D eigenvalue weighted by atomic mass is 16.5. The highest BCUT2D eigenvalue weighted by Gasteiger charge is 2.10. The first-order chi connectivity index (χ1) is 10.3. The van der Waals surface area contributed by atoms with E-state index in [2.05, 4.69) is 55.6 Å². The quantitative estimate of drug-likeness (QED) is 0.787. The van der Waals surface area contributed by atoms with E-state index in [-0.39, 0.29) is 0 Å². The summed E-state index contributed by atoms with van der Waals surface area (Å²) in [6.07, 6.45) is 2.10. The van der Waals surface area contributed by atoms with Crippen LogP contribution in [-0.4, -0.2) is 13.7 Å². The van der Waals surface area contributed by atoms with Crippen molar-refractivity contribution in [3.8, 4) is 16.9 Å². The Kier molecular flexibility index (Phi) is 5.82. The average molecular weight is 283 g/mol. The molecule has 2 nitrogen and oxygen atoms in total. The van der Waals surface area contributed by atoms with Gasteiger partial charge in [0.05, 0.1) is 6.61 Å². The van der Waals surface area contributed by atoms with Crippen molar-refractivity contribution in [2.45, 2.75) is 32.7 Å². The fraction of sp³-hybridized carbons (Fsp3) is 0.368. The number of hydrogen-bond donors (Lipinski definition) is 1. The van der Waals surface area contributed by atoms with E-state index in [4.69, 9.17) is 4.74 Å². The fourth-order valence-electron chi connectivity index (χ4n) is 2.57. The van der Waals surface area contributed by atoms with Crippen molar-refractivity contribution in [2.24, 2.45) is 0 Å². The van der Waals surface area contributed by atoms with Crippen molar-refractivity contribution in [3.05, 3.63) is 54.1 Å². The lowest BCUT2D eigenvalue weighted by atomic mass is 9.98. The molecule has 0 saturated carbocycles. The standard InChI is InChI=1S/C19H25NO/c1-4-13-21-19-12-7-6-11-17(19)15-9-8-10-16(14-15)18(5-2)20-3/h6-12,14,18,20H,4-5,13H2,1-3H3. The molecule has 112 valence electrons. The summed E-state index contributed by atoms with van der Waals surface area (Å²) >= 11 is 0. The first-order valence-corrected chi connectivity index (χ1v) is 7.79. The van der Waals surface area contributed by atoms with E-state index in [0.717, 1.165) is 25.2 Å². The maximum absolute atomic E-state index is 5.88. The SMILES string of the molecule is CCCOc1ccccc1-c1cccc(C(CC)NC)c1. The van der Waals surface area contributed by atoms with Crippen molar-refractivity contribution in [1.82, 2.24) is 5.32 Å². The van der Waals surface area contributed by atoms with Gasteiger partial charge in [-0.15, -0.1) is 0 Å². The van der Waals surface area contributed by atoms with E-state index in [1.54, 1.807) is 0 Å². The second-order valence-corrected chi connectivity index (χ2v) is 5.22. The molecule has 0 aliphatic heterocycles. The number of nitrogens with one attached hydrogen (secondary N) is 1. The molecule has 0 bridgehead atoms. The number of benzene rings is 2. The molecule has 0 heterocycles. The fourth-order valence-corrected chi connectivity index (χ4v) is 2.57. The van der Waals surface area contributed by atoms with E-state index < -0.39 is 0 Å². The summed E-state index contributed by atoms with van der Waals surface area (Å²) in [6.45, 7) is 5.08. The van der Waals surface area contributed by atoms with Crippen LogP contribution in [0.2, 0.25) is 0 Å². The minimum atomic E-state index is 0.397. The minimum absolute atomic E-state index is 0.397. The summed E-state index contributed by atoms with van der Waals surface area (Å²) in [6, 6.07) is 17.4. The van der Waals surface area contributed by atoms with E-state index in [1.807, 2.05) is 19.2 Å². The third kappa shape index (κ3) is 3.85. The van der Waals surface area contributed by atoms with Gasteiger partial charge >= 0.3 is 0 Å². The largest absolute Gasteiger partial charge is 0.493 e. The molecule has 2 heteroatoms. The third-order valence-corrected chi connectivity index (χ3v) is 3.71. The molecule has 0 aromatic heterocycles. The maximum Gasteiger partial charge on any atom is 0.127 e. The Bertz CT molecular complexity index is 561. The van der Waals surface area contributed by atoms with Gasteiger partial charge in [-0.2, -0.15) is 0 Å². The normalized spacial score (nSPS) is 12.1. The van der Waals surface area contributed by atoms with Gasteiger partial charge in [0.25, 0.3) is 0 Å². The molecule has 1 unspecified atom stereocenters. The van der Waals surface area contributed by atoms with Crippen molar-refractivity contribution >= 4 is 0 Å². The van der Waals surface area contributed by atoms with Crippen LogP contribution in [0.15, 0.2) is 48.5 Å². The zero-order valence-electron chi connectivity index (χ0n) is 13.2. The molecule has 0 saturated heterocycles. The zero-order valence-corrected chi connectivity index (χ0v) is 13.2. The Balaban J connectivity index is 2.36. The predicted molar refractivity (Wildman–Crippen MR) is 89.8 cm³/mol. The molecule has 0 amide bonds. The predicted octanol–water partition coefficient (Wildman–Crippen LogP) is 4.81. The Morgan fingerprint density at radius 1 is 1.05 bits per heavy atom. The molecule has 0 radical (unpaired) electrons. The van der Waals surface area contributed by atoms with Gasteiger partial charge in [-0.05, 0) is 43.1 Å². The van der Waals surface area contributed by atoms with Gasteiger partial charge in [-0.1, -0.05) is 50.2 Å². The van der Waals surface area contributed by atoms with Gasteiger partial charge in [0.1, 0.15) is 5.75 Å². The molecule has 0 spiro atoms. The number of rotatable bonds is 7. The Labute approximate surface area is 128 Å². The van der Waals surface area contributed by atoms with Crippen molar-refractivity contribution in [1.29, 1.82) is 0 Å². The Morgan fingerprint density at radius 3 is 2.57 bits per heavy atom. The molecule has 2 rings (SSSR count). The summed E-state index contributed by atoms with van der Waals surface area (Å²) < 4.78 is 5.88. The molecule has 1 N–H and O–H groups in total. The van der Waals surface area contributed by atoms with Crippen LogP contribution in [0.4, 0.5) is 0 Å². The van der Waals surface area contributed by atoms with Crippen LogP contribution < -0.4 is 10.1 Å². The lowest BCUT2D eigenvalue weighted by Crippen LogP contribution is -2.15. The third-order valence-electron chi connectivity index (χ3n) is 3.71. The summed E-state index contributed by atoms with van der Waals surface area (Å²) in [4.78, 5) is 0.